The second kappa shape index (κ2) is 5.18. The Morgan fingerprint density at radius 1 is 1.46 bits per heavy atom. The van der Waals surface area contributed by atoms with Crippen LogP contribution in [0.4, 0.5) is 0 Å². The Labute approximate surface area is 79.3 Å². The summed E-state index contributed by atoms with van der Waals surface area (Å²) in [6, 6.07) is 7.87. The van der Waals surface area contributed by atoms with Gasteiger partial charge >= 0.3 is 0 Å². The maximum atomic E-state index is 5.37. The fraction of sp³-hybridized carbons (Fsp3) is 0.167. The van der Waals surface area contributed by atoms with Gasteiger partial charge in [0.25, 0.3) is 0 Å². The van der Waals surface area contributed by atoms with E-state index in [1.165, 1.54) is 0 Å². The summed E-state index contributed by atoms with van der Waals surface area (Å²) in [5.74, 6) is 2.60. The van der Waals surface area contributed by atoms with Crippen molar-refractivity contribution < 1.29 is 0 Å². The highest BCUT2D eigenvalue weighted by Crippen LogP contribution is 2.06. The average molecular weight is 171 g/mol. The quantitative estimate of drug-likeness (QED) is 0.692. The topological polar surface area (TPSA) is 26.0 Å². The van der Waals surface area contributed by atoms with Gasteiger partial charge in [-0.15, -0.1) is 6.42 Å². The van der Waals surface area contributed by atoms with E-state index in [0.717, 1.165) is 17.5 Å². The number of rotatable bonds is 3. The Morgan fingerprint density at radius 2 is 2.31 bits per heavy atom. The van der Waals surface area contributed by atoms with Crippen molar-refractivity contribution >= 4 is 6.08 Å². The van der Waals surface area contributed by atoms with Gasteiger partial charge in [-0.2, -0.15) is 0 Å². The van der Waals surface area contributed by atoms with Crippen molar-refractivity contribution in [2.24, 2.45) is 5.73 Å². The van der Waals surface area contributed by atoms with Crippen molar-refractivity contribution in [1.29, 1.82) is 0 Å². The molecule has 0 heterocycles. The lowest BCUT2D eigenvalue weighted by Gasteiger charge is -1.94. The lowest BCUT2D eigenvalue weighted by Crippen LogP contribution is -1.94. The molecule has 0 radical (unpaired) electrons. The summed E-state index contributed by atoms with van der Waals surface area (Å²) in [5.41, 5.74) is 7.41. The van der Waals surface area contributed by atoms with Gasteiger partial charge in [-0.25, -0.2) is 0 Å². The van der Waals surface area contributed by atoms with Crippen LogP contribution in [-0.4, -0.2) is 6.54 Å². The monoisotopic (exact) mass is 171 g/mol. The molecule has 1 heteroatoms. The SMILES string of the molecule is C#Cc1cccc(C=CCCN)c1. The van der Waals surface area contributed by atoms with Gasteiger partial charge in [-0.3, -0.25) is 0 Å². The number of nitrogens with two attached hydrogens (primary N) is 1. The lowest BCUT2D eigenvalue weighted by molar-refractivity contribution is 1.01. The molecule has 0 atom stereocenters. The zero-order valence-electron chi connectivity index (χ0n) is 7.53. The standard InChI is InChI=1S/C12H13N/c1-2-11-7-5-8-12(10-11)6-3-4-9-13/h1,3,5-8,10H,4,9,13H2. The van der Waals surface area contributed by atoms with Crippen LogP contribution in [0.1, 0.15) is 17.5 Å². The molecule has 0 saturated heterocycles. The molecule has 0 aliphatic carbocycles. The number of terminal acetylenes is 1. The molecule has 0 aliphatic rings. The van der Waals surface area contributed by atoms with Gasteiger partial charge in [0, 0.05) is 5.56 Å². The Balaban J connectivity index is 2.73. The van der Waals surface area contributed by atoms with Gasteiger partial charge in [0.2, 0.25) is 0 Å². The van der Waals surface area contributed by atoms with Crippen LogP contribution >= 0.6 is 0 Å². The van der Waals surface area contributed by atoms with Gasteiger partial charge in [0.1, 0.15) is 0 Å². The molecule has 0 aliphatic heterocycles. The molecule has 66 valence electrons. The third-order valence-electron chi connectivity index (χ3n) is 1.70. The Bertz CT molecular complexity index is 331. The smallest absolute Gasteiger partial charge is 0.0248 e. The Hall–Kier alpha value is -1.52. The normalized spacial score (nSPS) is 10.2. The number of hydrogen-bond donors (Lipinski definition) is 1. The first-order valence-electron chi connectivity index (χ1n) is 4.30. The molecular formula is C12H13N. The molecule has 0 bridgehead atoms. The molecule has 0 fully saturated rings. The number of hydrogen-bond acceptors (Lipinski definition) is 1. The van der Waals surface area contributed by atoms with Crippen LogP contribution in [0.2, 0.25) is 0 Å². The fourth-order valence-electron chi connectivity index (χ4n) is 1.05. The van der Waals surface area contributed by atoms with Gasteiger partial charge < -0.3 is 5.73 Å². The molecule has 1 aromatic rings. The van der Waals surface area contributed by atoms with Crippen LogP contribution < -0.4 is 5.73 Å². The predicted molar refractivity (Wildman–Crippen MR) is 57.1 cm³/mol. The van der Waals surface area contributed by atoms with Gasteiger partial charge in [0.15, 0.2) is 0 Å². The van der Waals surface area contributed by atoms with E-state index in [4.69, 9.17) is 12.2 Å². The van der Waals surface area contributed by atoms with E-state index in [2.05, 4.69) is 12.0 Å². The predicted octanol–water partition coefficient (Wildman–Crippen LogP) is 2.03. The molecule has 2 N–H and O–H groups in total. The van der Waals surface area contributed by atoms with Crippen LogP contribution in [0.15, 0.2) is 30.3 Å². The van der Waals surface area contributed by atoms with E-state index in [9.17, 15) is 0 Å². The molecule has 0 unspecified atom stereocenters. The summed E-state index contributed by atoms with van der Waals surface area (Å²) in [6.07, 6.45) is 10.3. The first-order chi connectivity index (χ1) is 6.36. The highest BCUT2D eigenvalue weighted by atomic mass is 14.5. The molecule has 0 amide bonds. The summed E-state index contributed by atoms with van der Waals surface area (Å²) in [6.45, 7) is 0.686. The van der Waals surface area contributed by atoms with Gasteiger partial charge in [-0.1, -0.05) is 30.2 Å². The number of benzene rings is 1. The maximum absolute atomic E-state index is 5.37. The van der Waals surface area contributed by atoms with E-state index < -0.39 is 0 Å². The van der Waals surface area contributed by atoms with E-state index in [1.54, 1.807) is 0 Å². The minimum Gasteiger partial charge on any atom is -0.330 e. The second-order valence-corrected chi connectivity index (χ2v) is 2.75. The van der Waals surface area contributed by atoms with E-state index >= 15 is 0 Å². The minimum absolute atomic E-state index is 0.686. The molecule has 0 saturated carbocycles. The third-order valence-corrected chi connectivity index (χ3v) is 1.70. The molecule has 0 aromatic heterocycles. The summed E-state index contributed by atoms with van der Waals surface area (Å²) < 4.78 is 0. The maximum Gasteiger partial charge on any atom is 0.0248 e. The molecule has 1 nitrogen and oxygen atoms in total. The first kappa shape index (κ1) is 9.57. The highest BCUT2D eigenvalue weighted by Gasteiger charge is 1.87. The lowest BCUT2D eigenvalue weighted by atomic mass is 10.1. The summed E-state index contributed by atoms with van der Waals surface area (Å²) in [7, 11) is 0. The van der Waals surface area contributed by atoms with Crippen LogP contribution in [-0.2, 0) is 0 Å². The molecule has 1 aromatic carbocycles. The van der Waals surface area contributed by atoms with Crippen molar-refractivity contribution in [2.75, 3.05) is 6.54 Å². The summed E-state index contributed by atoms with van der Waals surface area (Å²) >= 11 is 0. The fourth-order valence-corrected chi connectivity index (χ4v) is 1.05. The van der Waals surface area contributed by atoms with Crippen molar-refractivity contribution in [3.63, 3.8) is 0 Å². The molecule has 13 heavy (non-hydrogen) atoms. The minimum atomic E-state index is 0.686. The Kier molecular flexibility index (Phi) is 3.81. The first-order valence-corrected chi connectivity index (χ1v) is 4.30. The van der Waals surface area contributed by atoms with Crippen LogP contribution in [0.3, 0.4) is 0 Å². The zero-order valence-corrected chi connectivity index (χ0v) is 7.53. The van der Waals surface area contributed by atoms with E-state index in [0.29, 0.717) is 6.54 Å². The van der Waals surface area contributed by atoms with Crippen LogP contribution in [0, 0.1) is 12.3 Å². The van der Waals surface area contributed by atoms with E-state index in [1.807, 2.05) is 30.3 Å². The Morgan fingerprint density at radius 3 is 3.00 bits per heavy atom. The van der Waals surface area contributed by atoms with Crippen molar-refractivity contribution in [3.05, 3.63) is 41.5 Å². The van der Waals surface area contributed by atoms with Gasteiger partial charge in [-0.05, 0) is 30.7 Å². The van der Waals surface area contributed by atoms with Crippen molar-refractivity contribution in [2.45, 2.75) is 6.42 Å². The third kappa shape index (κ3) is 3.14. The van der Waals surface area contributed by atoms with E-state index in [-0.39, 0.29) is 0 Å². The summed E-state index contributed by atoms with van der Waals surface area (Å²) in [5, 5.41) is 0. The van der Waals surface area contributed by atoms with Crippen LogP contribution in [0.5, 0.6) is 0 Å². The zero-order chi connectivity index (χ0) is 9.52. The average Bonchev–Trinajstić information content (AvgIpc) is 2.19. The van der Waals surface area contributed by atoms with Gasteiger partial charge in [0.05, 0.1) is 0 Å². The largest absolute Gasteiger partial charge is 0.330 e. The molecule has 0 spiro atoms. The summed E-state index contributed by atoms with van der Waals surface area (Å²) in [4.78, 5) is 0. The second-order valence-electron chi connectivity index (χ2n) is 2.75. The van der Waals surface area contributed by atoms with Crippen LogP contribution in [0.25, 0.3) is 6.08 Å². The molecular weight excluding hydrogens is 158 g/mol. The highest BCUT2D eigenvalue weighted by molar-refractivity contribution is 5.52. The molecule has 1 rings (SSSR count). The van der Waals surface area contributed by atoms with Crippen molar-refractivity contribution in [1.82, 2.24) is 0 Å². The van der Waals surface area contributed by atoms with Crippen molar-refractivity contribution in [3.8, 4) is 12.3 Å².